The fourth-order valence-electron chi connectivity index (χ4n) is 3.54. The summed E-state index contributed by atoms with van der Waals surface area (Å²) in [6.45, 7) is 5.47. The fourth-order valence-corrected chi connectivity index (χ4v) is 3.54. The van der Waals surface area contributed by atoms with Crippen LogP contribution in [0.1, 0.15) is 64.4 Å². The van der Waals surface area contributed by atoms with Gasteiger partial charge in [0.05, 0.1) is 13.7 Å². The van der Waals surface area contributed by atoms with Crippen LogP contribution in [-0.4, -0.2) is 37.4 Å². The lowest BCUT2D eigenvalue weighted by Crippen LogP contribution is -2.29. The van der Waals surface area contributed by atoms with E-state index < -0.39 is 5.97 Å². The molecular weight excluding hydrogens is 444 g/mol. The number of carbonyl (C=O) groups is 2. The topological polar surface area (TPSA) is 96.9 Å². The van der Waals surface area contributed by atoms with E-state index in [0.29, 0.717) is 30.2 Å². The first-order valence-electron chi connectivity index (χ1n) is 12.4. The van der Waals surface area contributed by atoms with Crippen molar-refractivity contribution in [3.63, 3.8) is 0 Å². The van der Waals surface area contributed by atoms with Crippen LogP contribution in [0.3, 0.4) is 0 Å². The zero-order valence-corrected chi connectivity index (χ0v) is 21.1. The van der Waals surface area contributed by atoms with Crippen molar-refractivity contribution in [3.8, 4) is 16.9 Å². The van der Waals surface area contributed by atoms with Crippen LogP contribution in [-0.2, 0) is 9.53 Å². The summed E-state index contributed by atoms with van der Waals surface area (Å²) in [4.78, 5) is 23.6. The Labute approximate surface area is 208 Å². The van der Waals surface area contributed by atoms with Gasteiger partial charge in [-0.1, -0.05) is 70.2 Å². The molecule has 7 heteroatoms. The minimum atomic E-state index is -1.14. The number of methoxy groups -OCH3 is 1. The minimum Gasteiger partial charge on any atom is -0.493 e. The Morgan fingerprint density at radius 2 is 1.74 bits per heavy atom. The Hall–Kier alpha value is -3.48. The number of carbonyl (C=O) groups excluding carboxylic acids is 1. The molecule has 35 heavy (non-hydrogen) atoms. The second-order valence-corrected chi connectivity index (χ2v) is 8.35. The Morgan fingerprint density at radius 3 is 2.46 bits per heavy atom. The molecule has 3 N–H and O–H groups in total. The van der Waals surface area contributed by atoms with Crippen molar-refractivity contribution in [2.24, 2.45) is 0 Å². The molecule has 0 atom stereocenters. The van der Waals surface area contributed by atoms with Gasteiger partial charge >= 0.3 is 12.0 Å². The van der Waals surface area contributed by atoms with Crippen LogP contribution in [0.15, 0.2) is 48.2 Å². The van der Waals surface area contributed by atoms with Gasteiger partial charge in [-0.25, -0.2) is 9.59 Å². The molecule has 0 heterocycles. The lowest BCUT2D eigenvalue weighted by molar-refractivity contribution is -0.135. The molecule has 0 bridgehead atoms. The third-order valence-corrected chi connectivity index (χ3v) is 5.49. The summed E-state index contributed by atoms with van der Waals surface area (Å²) in [7, 11) is 1.33. The first-order chi connectivity index (χ1) is 17.0. The predicted molar refractivity (Wildman–Crippen MR) is 141 cm³/mol. The molecule has 0 unspecified atom stereocenters. The molecule has 0 saturated heterocycles. The first kappa shape index (κ1) is 27.8. The second kappa shape index (κ2) is 15.4. The molecule has 0 radical (unpaired) electrons. The summed E-state index contributed by atoms with van der Waals surface area (Å²) in [6, 6.07) is 12.9. The van der Waals surface area contributed by atoms with Crippen LogP contribution in [0.5, 0.6) is 5.75 Å². The number of nitrogens with one attached hydrogen (secondary N) is 2. The van der Waals surface area contributed by atoms with E-state index in [1.165, 1.54) is 32.4 Å². The molecule has 0 saturated carbocycles. The maximum absolute atomic E-state index is 12.3. The minimum absolute atomic E-state index is 0.153. The van der Waals surface area contributed by atoms with Crippen LogP contribution in [0, 0.1) is 0 Å². The molecule has 2 aromatic rings. The van der Waals surface area contributed by atoms with Gasteiger partial charge in [-0.3, -0.25) is 0 Å². The number of rotatable bonds is 15. The Balaban J connectivity index is 2.17. The van der Waals surface area contributed by atoms with E-state index in [4.69, 9.17) is 9.47 Å². The molecule has 0 fully saturated rings. The highest BCUT2D eigenvalue weighted by atomic mass is 16.5. The lowest BCUT2D eigenvalue weighted by Gasteiger charge is -2.14. The van der Waals surface area contributed by atoms with Crippen molar-refractivity contribution < 1.29 is 24.2 Å². The van der Waals surface area contributed by atoms with Crippen molar-refractivity contribution in [3.05, 3.63) is 53.8 Å². The van der Waals surface area contributed by atoms with Gasteiger partial charge in [0.15, 0.2) is 0 Å². The number of urea groups is 1. The SMILES string of the molecule is CCCCCCCNC(=O)Nc1cccc(-c2ccc(/C=C(/OC)C(=O)O)cc2OCCCC)c1. The van der Waals surface area contributed by atoms with E-state index in [1.54, 1.807) is 6.07 Å². The van der Waals surface area contributed by atoms with E-state index in [9.17, 15) is 14.7 Å². The normalized spacial score (nSPS) is 11.1. The van der Waals surface area contributed by atoms with E-state index in [0.717, 1.165) is 36.8 Å². The third-order valence-electron chi connectivity index (χ3n) is 5.49. The average molecular weight is 483 g/mol. The monoisotopic (exact) mass is 482 g/mol. The summed E-state index contributed by atoms with van der Waals surface area (Å²) in [5.41, 5.74) is 3.08. The van der Waals surface area contributed by atoms with Gasteiger partial charge in [0.1, 0.15) is 5.75 Å². The molecule has 0 aliphatic carbocycles. The van der Waals surface area contributed by atoms with E-state index in [-0.39, 0.29) is 11.8 Å². The summed E-state index contributed by atoms with van der Waals surface area (Å²) >= 11 is 0. The summed E-state index contributed by atoms with van der Waals surface area (Å²) in [5, 5.41) is 15.1. The van der Waals surface area contributed by atoms with Crippen LogP contribution in [0.2, 0.25) is 0 Å². The quantitative estimate of drug-likeness (QED) is 0.149. The number of hydrogen-bond acceptors (Lipinski definition) is 4. The van der Waals surface area contributed by atoms with Gasteiger partial charge < -0.3 is 25.2 Å². The molecule has 2 aromatic carbocycles. The number of anilines is 1. The van der Waals surface area contributed by atoms with Gasteiger partial charge in [0.25, 0.3) is 0 Å². The van der Waals surface area contributed by atoms with Crippen molar-refractivity contribution in [2.45, 2.75) is 58.8 Å². The Morgan fingerprint density at radius 1 is 0.971 bits per heavy atom. The van der Waals surface area contributed by atoms with E-state index in [1.807, 2.05) is 36.4 Å². The maximum Gasteiger partial charge on any atom is 0.371 e. The summed E-state index contributed by atoms with van der Waals surface area (Å²) in [5.74, 6) is -0.649. The molecule has 0 spiro atoms. The fraction of sp³-hybridized carbons (Fsp3) is 0.429. The zero-order chi connectivity index (χ0) is 25.5. The zero-order valence-electron chi connectivity index (χ0n) is 21.1. The number of ether oxygens (including phenoxy) is 2. The largest absolute Gasteiger partial charge is 0.493 e. The maximum atomic E-state index is 12.3. The third kappa shape index (κ3) is 9.73. The van der Waals surface area contributed by atoms with Crippen LogP contribution >= 0.6 is 0 Å². The molecular formula is C28H38N2O5. The number of amides is 2. The number of carboxylic acid groups (broad SMARTS) is 1. The van der Waals surface area contributed by atoms with Crippen LogP contribution in [0.4, 0.5) is 10.5 Å². The Kier molecular flexibility index (Phi) is 12.2. The van der Waals surface area contributed by atoms with Crippen LogP contribution < -0.4 is 15.4 Å². The molecule has 2 amide bonds. The van der Waals surface area contributed by atoms with Crippen LogP contribution in [0.25, 0.3) is 17.2 Å². The number of unbranched alkanes of at least 4 members (excludes halogenated alkanes) is 5. The molecule has 0 aromatic heterocycles. The first-order valence-corrected chi connectivity index (χ1v) is 12.4. The average Bonchev–Trinajstić information content (AvgIpc) is 2.85. The van der Waals surface area contributed by atoms with Crippen molar-refractivity contribution >= 4 is 23.8 Å². The van der Waals surface area contributed by atoms with Gasteiger partial charge in [0.2, 0.25) is 5.76 Å². The van der Waals surface area contributed by atoms with Gasteiger partial charge in [-0.15, -0.1) is 0 Å². The highest BCUT2D eigenvalue weighted by Gasteiger charge is 2.12. The molecule has 0 aliphatic rings. The molecule has 0 aliphatic heterocycles. The standard InChI is InChI=1S/C28H38N2O5/c1-4-6-8-9-10-16-29-28(33)30-23-13-11-12-22(20-23)24-15-14-21(19-26(34-3)27(31)32)18-25(24)35-17-7-5-2/h11-15,18-20H,4-10,16-17H2,1-3H3,(H,31,32)(H2,29,30,33)/b26-19+. The lowest BCUT2D eigenvalue weighted by atomic mass is 10.0. The highest BCUT2D eigenvalue weighted by Crippen LogP contribution is 2.33. The van der Waals surface area contributed by atoms with Gasteiger partial charge in [-0.2, -0.15) is 0 Å². The van der Waals surface area contributed by atoms with Gasteiger partial charge in [0, 0.05) is 17.8 Å². The summed E-state index contributed by atoms with van der Waals surface area (Å²) < 4.78 is 11.0. The predicted octanol–water partition coefficient (Wildman–Crippen LogP) is 6.70. The Bertz CT molecular complexity index is 987. The number of benzene rings is 2. The molecule has 7 nitrogen and oxygen atoms in total. The smallest absolute Gasteiger partial charge is 0.371 e. The number of carboxylic acids is 1. The van der Waals surface area contributed by atoms with Crippen molar-refractivity contribution in [1.29, 1.82) is 0 Å². The van der Waals surface area contributed by atoms with Crippen molar-refractivity contribution in [2.75, 3.05) is 25.6 Å². The second-order valence-electron chi connectivity index (χ2n) is 8.35. The molecule has 190 valence electrons. The van der Waals surface area contributed by atoms with Gasteiger partial charge in [-0.05, 0) is 48.2 Å². The van der Waals surface area contributed by atoms with Crippen molar-refractivity contribution in [1.82, 2.24) is 5.32 Å². The van der Waals surface area contributed by atoms with E-state index >= 15 is 0 Å². The summed E-state index contributed by atoms with van der Waals surface area (Å²) in [6.07, 6.45) is 9.07. The number of aliphatic carboxylic acids is 1. The van der Waals surface area contributed by atoms with E-state index in [2.05, 4.69) is 24.5 Å². The number of hydrogen-bond donors (Lipinski definition) is 3. The highest BCUT2D eigenvalue weighted by molar-refractivity contribution is 5.91. The molecule has 2 rings (SSSR count).